The Labute approximate surface area is 106 Å². The number of carbonyl (C=O) groups excluding carboxylic acids is 1. The highest BCUT2D eigenvalue weighted by Gasteiger charge is 2.34. The molecule has 2 fully saturated rings. The lowest BCUT2D eigenvalue weighted by atomic mass is 9.86. The van der Waals surface area contributed by atoms with Crippen molar-refractivity contribution in [3.63, 3.8) is 0 Å². The smallest absolute Gasteiger partial charge is 0.127 e. The molecule has 2 aliphatic rings. The van der Waals surface area contributed by atoms with E-state index in [1.807, 2.05) is 0 Å². The Morgan fingerprint density at radius 3 is 2.35 bits per heavy atom. The zero-order valence-electron chi connectivity index (χ0n) is 11.3. The van der Waals surface area contributed by atoms with Gasteiger partial charge in [0.25, 0.3) is 0 Å². The lowest BCUT2D eigenvalue weighted by Gasteiger charge is -2.32. The Hall–Kier alpha value is -0.370. The number of hydrogen-bond donors (Lipinski definition) is 0. The third kappa shape index (κ3) is 3.54. The minimum atomic E-state index is 0.00339. The average Bonchev–Trinajstić information content (AvgIpc) is 2.79. The molecule has 0 spiro atoms. The highest BCUT2D eigenvalue weighted by molar-refractivity contribution is 5.60. The average molecular weight is 237 g/mol. The van der Waals surface area contributed by atoms with Crippen LogP contribution in [0.3, 0.4) is 0 Å². The second-order valence-corrected chi connectivity index (χ2v) is 6.39. The molecule has 0 radical (unpaired) electrons. The Kier molecular flexibility index (Phi) is 4.61. The Bertz CT molecular complexity index is 239. The van der Waals surface area contributed by atoms with Crippen LogP contribution in [0.4, 0.5) is 0 Å². The van der Waals surface area contributed by atoms with Gasteiger partial charge in [-0.1, -0.05) is 32.1 Å². The summed E-state index contributed by atoms with van der Waals surface area (Å²) in [5.74, 6) is 0.888. The number of aldehydes is 1. The first kappa shape index (κ1) is 13.1. The van der Waals surface area contributed by atoms with E-state index in [4.69, 9.17) is 0 Å². The van der Waals surface area contributed by atoms with Gasteiger partial charge in [0.15, 0.2) is 0 Å². The van der Waals surface area contributed by atoms with Gasteiger partial charge in [0.2, 0.25) is 0 Å². The molecule has 2 nitrogen and oxygen atoms in total. The van der Waals surface area contributed by atoms with Gasteiger partial charge in [0.05, 0.1) is 0 Å². The van der Waals surface area contributed by atoms with Gasteiger partial charge >= 0.3 is 0 Å². The van der Waals surface area contributed by atoms with Crippen molar-refractivity contribution in [1.29, 1.82) is 0 Å². The van der Waals surface area contributed by atoms with E-state index < -0.39 is 0 Å². The van der Waals surface area contributed by atoms with E-state index in [1.54, 1.807) is 0 Å². The molecule has 0 heterocycles. The normalized spacial score (nSPS) is 25.3. The highest BCUT2D eigenvalue weighted by Crippen LogP contribution is 2.37. The molecule has 2 aliphatic carbocycles. The molecular weight excluding hydrogens is 210 g/mol. The summed E-state index contributed by atoms with van der Waals surface area (Å²) < 4.78 is 0. The van der Waals surface area contributed by atoms with E-state index in [0.717, 1.165) is 25.3 Å². The molecule has 0 N–H and O–H groups in total. The molecule has 2 saturated carbocycles. The fraction of sp³-hybridized carbons (Fsp3) is 0.933. The summed E-state index contributed by atoms with van der Waals surface area (Å²) in [4.78, 5) is 13.8. The summed E-state index contributed by atoms with van der Waals surface area (Å²) in [5, 5.41) is 0. The molecule has 0 aromatic rings. The van der Waals surface area contributed by atoms with Crippen molar-refractivity contribution in [3.05, 3.63) is 0 Å². The van der Waals surface area contributed by atoms with Gasteiger partial charge < -0.3 is 9.69 Å². The van der Waals surface area contributed by atoms with Crippen LogP contribution in [0.15, 0.2) is 0 Å². The molecule has 0 aromatic carbocycles. The highest BCUT2D eigenvalue weighted by atomic mass is 16.1. The second-order valence-electron chi connectivity index (χ2n) is 6.39. The van der Waals surface area contributed by atoms with Gasteiger partial charge in [0, 0.05) is 18.5 Å². The Morgan fingerprint density at radius 2 is 1.76 bits per heavy atom. The van der Waals surface area contributed by atoms with Crippen LogP contribution in [0.25, 0.3) is 0 Å². The molecule has 17 heavy (non-hydrogen) atoms. The van der Waals surface area contributed by atoms with Crippen LogP contribution in [-0.4, -0.2) is 31.3 Å². The van der Waals surface area contributed by atoms with E-state index in [9.17, 15) is 4.79 Å². The molecule has 0 atom stereocenters. The van der Waals surface area contributed by atoms with Gasteiger partial charge in [-0.2, -0.15) is 0 Å². The SMILES string of the molecule is CN(CC1CCCCC1)CC1(C=O)CCCC1. The fourth-order valence-electron chi connectivity index (χ4n) is 3.80. The molecule has 0 amide bonds. The number of nitrogens with zero attached hydrogens (tertiary/aromatic N) is 1. The van der Waals surface area contributed by atoms with Gasteiger partial charge in [-0.05, 0) is 38.6 Å². The van der Waals surface area contributed by atoms with E-state index in [0.29, 0.717) is 0 Å². The number of rotatable bonds is 5. The summed E-state index contributed by atoms with van der Waals surface area (Å²) in [6.07, 6.45) is 13.0. The fourth-order valence-corrected chi connectivity index (χ4v) is 3.80. The van der Waals surface area contributed by atoms with Crippen molar-refractivity contribution in [1.82, 2.24) is 4.90 Å². The summed E-state index contributed by atoms with van der Waals surface area (Å²) in [6, 6.07) is 0. The first-order valence-electron chi connectivity index (χ1n) is 7.39. The van der Waals surface area contributed by atoms with E-state index in [2.05, 4.69) is 11.9 Å². The topological polar surface area (TPSA) is 20.3 Å². The maximum atomic E-state index is 11.3. The molecular formula is C15H27NO. The second kappa shape index (κ2) is 5.99. The monoisotopic (exact) mass is 237 g/mol. The zero-order chi connectivity index (χ0) is 12.1. The summed E-state index contributed by atoms with van der Waals surface area (Å²) in [5.41, 5.74) is 0.00339. The van der Waals surface area contributed by atoms with Crippen molar-refractivity contribution < 1.29 is 4.79 Å². The lowest BCUT2D eigenvalue weighted by molar-refractivity contribution is -0.117. The van der Waals surface area contributed by atoms with Crippen molar-refractivity contribution in [2.45, 2.75) is 57.8 Å². The third-order valence-corrected chi connectivity index (χ3v) is 4.73. The van der Waals surface area contributed by atoms with Crippen LogP contribution < -0.4 is 0 Å². The molecule has 0 aliphatic heterocycles. The Balaban J connectivity index is 1.79. The maximum Gasteiger partial charge on any atom is 0.127 e. The molecule has 2 heteroatoms. The first-order chi connectivity index (χ1) is 8.24. The lowest BCUT2D eigenvalue weighted by Crippen LogP contribution is -2.37. The van der Waals surface area contributed by atoms with Crippen LogP contribution in [0.1, 0.15) is 57.8 Å². The molecule has 98 valence electrons. The van der Waals surface area contributed by atoms with Crippen molar-refractivity contribution >= 4 is 6.29 Å². The van der Waals surface area contributed by atoms with Crippen molar-refractivity contribution in [2.24, 2.45) is 11.3 Å². The minimum Gasteiger partial charge on any atom is -0.305 e. The van der Waals surface area contributed by atoms with Gasteiger partial charge in [-0.3, -0.25) is 0 Å². The number of carbonyl (C=O) groups is 1. The molecule has 0 bridgehead atoms. The zero-order valence-corrected chi connectivity index (χ0v) is 11.3. The first-order valence-corrected chi connectivity index (χ1v) is 7.39. The summed E-state index contributed by atoms with van der Waals surface area (Å²) >= 11 is 0. The molecule has 2 rings (SSSR count). The predicted molar refractivity (Wildman–Crippen MR) is 71.0 cm³/mol. The molecule has 0 saturated heterocycles. The van der Waals surface area contributed by atoms with Crippen molar-refractivity contribution in [2.75, 3.05) is 20.1 Å². The van der Waals surface area contributed by atoms with Crippen LogP contribution in [0.2, 0.25) is 0 Å². The largest absolute Gasteiger partial charge is 0.305 e. The van der Waals surface area contributed by atoms with Crippen LogP contribution in [0, 0.1) is 11.3 Å². The standard InChI is InChI=1S/C15H27NO/c1-16(11-14-7-3-2-4-8-14)12-15(13-17)9-5-6-10-15/h13-14H,2-12H2,1H3. The van der Waals surface area contributed by atoms with Gasteiger partial charge in [-0.15, -0.1) is 0 Å². The van der Waals surface area contributed by atoms with E-state index >= 15 is 0 Å². The number of hydrogen-bond acceptors (Lipinski definition) is 2. The van der Waals surface area contributed by atoms with Crippen molar-refractivity contribution in [3.8, 4) is 0 Å². The Morgan fingerprint density at radius 1 is 1.12 bits per heavy atom. The van der Waals surface area contributed by atoms with E-state index in [-0.39, 0.29) is 5.41 Å². The predicted octanol–water partition coefficient (Wildman–Crippen LogP) is 3.26. The quantitative estimate of drug-likeness (QED) is 0.684. The maximum absolute atomic E-state index is 11.3. The summed E-state index contributed by atoms with van der Waals surface area (Å²) in [6.45, 7) is 2.20. The summed E-state index contributed by atoms with van der Waals surface area (Å²) in [7, 11) is 2.21. The van der Waals surface area contributed by atoms with Gasteiger partial charge in [-0.25, -0.2) is 0 Å². The molecule has 0 unspecified atom stereocenters. The van der Waals surface area contributed by atoms with Crippen LogP contribution >= 0.6 is 0 Å². The minimum absolute atomic E-state index is 0.00339. The van der Waals surface area contributed by atoms with Crippen LogP contribution in [-0.2, 0) is 4.79 Å². The van der Waals surface area contributed by atoms with Crippen LogP contribution in [0.5, 0.6) is 0 Å². The van der Waals surface area contributed by atoms with E-state index in [1.165, 1.54) is 57.8 Å². The third-order valence-electron chi connectivity index (χ3n) is 4.73. The molecule has 0 aromatic heterocycles. The van der Waals surface area contributed by atoms with Gasteiger partial charge in [0.1, 0.15) is 6.29 Å².